The average molecular weight is 353 g/mol. The second-order valence-electron chi connectivity index (χ2n) is 5.73. The van der Waals surface area contributed by atoms with Crippen molar-refractivity contribution >= 4 is 17.7 Å². The molecular weight excluding hydrogens is 334 g/mol. The predicted octanol–water partition coefficient (Wildman–Crippen LogP) is 4.04. The summed E-state index contributed by atoms with van der Waals surface area (Å²) in [6, 6.07) is 15.4. The number of nitrogens with zero attached hydrogens (tertiary/aromatic N) is 3. The highest BCUT2D eigenvalue weighted by Crippen LogP contribution is 2.19. The Morgan fingerprint density at radius 2 is 1.80 bits per heavy atom. The maximum Gasteiger partial charge on any atom is 0.257 e. The molecule has 0 N–H and O–H groups in total. The molecule has 0 aliphatic rings. The summed E-state index contributed by atoms with van der Waals surface area (Å²) < 4.78 is 5.14. The molecule has 25 heavy (non-hydrogen) atoms. The van der Waals surface area contributed by atoms with E-state index in [1.54, 1.807) is 42.8 Å². The van der Waals surface area contributed by atoms with Crippen molar-refractivity contribution in [3.05, 3.63) is 65.5 Å². The number of aryl methyl sites for hydroxylation is 1. The zero-order valence-electron chi connectivity index (χ0n) is 14.4. The van der Waals surface area contributed by atoms with Gasteiger partial charge in [-0.05, 0) is 55.1 Å². The van der Waals surface area contributed by atoms with Crippen LogP contribution in [0.3, 0.4) is 0 Å². The molecule has 0 atom stereocenters. The van der Waals surface area contributed by atoms with Gasteiger partial charge in [-0.3, -0.25) is 4.79 Å². The summed E-state index contributed by atoms with van der Waals surface area (Å²) in [5.41, 5.74) is 2.53. The monoisotopic (exact) mass is 353 g/mol. The molecule has 1 aromatic heterocycles. The highest BCUT2D eigenvalue weighted by atomic mass is 32.2. The highest BCUT2D eigenvalue weighted by Gasteiger charge is 2.13. The van der Waals surface area contributed by atoms with Gasteiger partial charge in [0.2, 0.25) is 0 Å². The van der Waals surface area contributed by atoms with Gasteiger partial charge in [0.05, 0.1) is 0 Å². The minimum absolute atomic E-state index is 0.0257. The molecule has 0 spiro atoms. The molecule has 0 saturated heterocycles. The molecule has 1 amide bonds. The molecule has 1 heterocycles. The van der Waals surface area contributed by atoms with E-state index >= 15 is 0 Å². The molecule has 0 unspecified atom stereocenters. The summed E-state index contributed by atoms with van der Waals surface area (Å²) in [4.78, 5) is 19.7. The molecule has 2 aromatic carbocycles. The van der Waals surface area contributed by atoms with Gasteiger partial charge in [-0.2, -0.15) is 4.98 Å². The Hall–Kier alpha value is -2.60. The Labute approximate surface area is 151 Å². The fraction of sp³-hybridized carbons (Fsp3) is 0.211. The van der Waals surface area contributed by atoms with Crippen LogP contribution >= 0.6 is 11.8 Å². The largest absolute Gasteiger partial charge is 0.337 e. The topological polar surface area (TPSA) is 59.2 Å². The van der Waals surface area contributed by atoms with Gasteiger partial charge in [0.15, 0.2) is 5.82 Å². The Balaban J connectivity index is 1.68. The Morgan fingerprint density at radius 3 is 2.36 bits per heavy atom. The third-order valence-electron chi connectivity index (χ3n) is 3.83. The molecule has 0 fully saturated rings. The molecule has 0 saturated carbocycles. The number of benzene rings is 2. The minimum Gasteiger partial charge on any atom is -0.337 e. The van der Waals surface area contributed by atoms with E-state index in [0.717, 1.165) is 11.1 Å². The quantitative estimate of drug-likeness (QED) is 0.648. The standard InChI is InChI=1S/C19H19N3O2S/c1-13-20-18(24-21-13)15-6-8-16(9-7-15)19(23)22(2)12-14-4-10-17(25-3)11-5-14/h4-11H,12H2,1-3H3. The summed E-state index contributed by atoms with van der Waals surface area (Å²) in [5.74, 6) is 1.02. The first kappa shape index (κ1) is 17.2. The Kier molecular flexibility index (Phi) is 5.19. The van der Waals surface area contributed by atoms with Gasteiger partial charge >= 0.3 is 0 Å². The Morgan fingerprint density at radius 1 is 1.12 bits per heavy atom. The first-order valence-electron chi connectivity index (χ1n) is 7.86. The molecule has 0 bridgehead atoms. The number of rotatable bonds is 5. The smallest absolute Gasteiger partial charge is 0.257 e. The molecule has 0 aliphatic carbocycles. The number of hydrogen-bond donors (Lipinski definition) is 0. The van der Waals surface area contributed by atoms with Gasteiger partial charge in [0, 0.05) is 29.6 Å². The van der Waals surface area contributed by atoms with Crippen LogP contribution in [-0.4, -0.2) is 34.3 Å². The third-order valence-corrected chi connectivity index (χ3v) is 4.58. The van der Waals surface area contributed by atoms with Crippen LogP contribution in [-0.2, 0) is 6.54 Å². The molecule has 3 rings (SSSR count). The molecule has 6 heteroatoms. The van der Waals surface area contributed by atoms with Crippen molar-refractivity contribution in [2.24, 2.45) is 0 Å². The first-order valence-corrected chi connectivity index (χ1v) is 9.08. The number of carbonyl (C=O) groups is 1. The normalized spacial score (nSPS) is 10.7. The average Bonchev–Trinajstić information content (AvgIpc) is 3.08. The molecular formula is C19H19N3O2S. The predicted molar refractivity (Wildman–Crippen MR) is 98.5 cm³/mol. The van der Waals surface area contributed by atoms with E-state index in [0.29, 0.717) is 23.8 Å². The maximum absolute atomic E-state index is 12.6. The fourth-order valence-electron chi connectivity index (χ4n) is 2.47. The molecule has 0 aliphatic heterocycles. The van der Waals surface area contributed by atoms with Gasteiger partial charge < -0.3 is 9.42 Å². The Bertz CT molecular complexity index is 857. The van der Waals surface area contributed by atoms with E-state index in [4.69, 9.17) is 4.52 Å². The highest BCUT2D eigenvalue weighted by molar-refractivity contribution is 7.98. The van der Waals surface area contributed by atoms with E-state index < -0.39 is 0 Å². The lowest BCUT2D eigenvalue weighted by atomic mass is 10.1. The minimum atomic E-state index is -0.0257. The second kappa shape index (κ2) is 7.53. The lowest BCUT2D eigenvalue weighted by molar-refractivity contribution is 0.0785. The van der Waals surface area contributed by atoms with E-state index in [1.807, 2.05) is 18.4 Å². The second-order valence-corrected chi connectivity index (χ2v) is 6.61. The van der Waals surface area contributed by atoms with Crippen molar-refractivity contribution in [2.45, 2.75) is 18.4 Å². The van der Waals surface area contributed by atoms with Gasteiger partial charge in [-0.1, -0.05) is 17.3 Å². The zero-order chi connectivity index (χ0) is 17.8. The van der Waals surface area contributed by atoms with Crippen molar-refractivity contribution in [1.82, 2.24) is 15.0 Å². The van der Waals surface area contributed by atoms with Crippen LogP contribution in [0.1, 0.15) is 21.7 Å². The molecule has 128 valence electrons. The number of hydrogen-bond acceptors (Lipinski definition) is 5. The third kappa shape index (κ3) is 4.09. The van der Waals surface area contributed by atoms with Crippen molar-refractivity contribution in [3.8, 4) is 11.5 Å². The van der Waals surface area contributed by atoms with E-state index in [-0.39, 0.29) is 5.91 Å². The molecule has 5 nitrogen and oxygen atoms in total. The van der Waals surface area contributed by atoms with Gasteiger partial charge in [-0.25, -0.2) is 0 Å². The first-order chi connectivity index (χ1) is 12.1. The lowest BCUT2D eigenvalue weighted by Crippen LogP contribution is -2.26. The summed E-state index contributed by atoms with van der Waals surface area (Å²) in [7, 11) is 1.81. The SMILES string of the molecule is CSc1ccc(CN(C)C(=O)c2ccc(-c3nc(C)no3)cc2)cc1. The van der Waals surface area contributed by atoms with Gasteiger partial charge in [0.25, 0.3) is 11.8 Å². The summed E-state index contributed by atoms with van der Waals surface area (Å²) in [5, 5.41) is 3.78. The van der Waals surface area contributed by atoms with E-state index in [1.165, 1.54) is 4.90 Å². The fourth-order valence-corrected chi connectivity index (χ4v) is 2.87. The number of thioether (sulfide) groups is 1. The van der Waals surface area contributed by atoms with Gasteiger partial charge in [-0.15, -0.1) is 11.8 Å². The summed E-state index contributed by atoms with van der Waals surface area (Å²) in [6.07, 6.45) is 2.05. The molecule has 0 radical (unpaired) electrons. The summed E-state index contributed by atoms with van der Waals surface area (Å²) >= 11 is 1.70. The van der Waals surface area contributed by atoms with Gasteiger partial charge in [0.1, 0.15) is 0 Å². The van der Waals surface area contributed by atoms with Crippen molar-refractivity contribution in [1.29, 1.82) is 0 Å². The van der Waals surface area contributed by atoms with Crippen LogP contribution in [0.2, 0.25) is 0 Å². The van der Waals surface area contributed by atoms with Crippen LogP contribution < -0.4 is 0 Å². The van der Waals surface area contributed by atoms with Crippen molar-refractivity contribution in [3.63, 3.8) is 0 Å². The van der Waals surface area contributed by atoms with E-state index in [9.17, 15) is 4.79 Å². The number of amides is 1. The lowest BCUT2D eigenvalue weighted by Gasteiger charge is -2.17. The number of carbonyl (C=O) groups excluding carboxylic acids is 1. The zero-order valence-corrected chi connectivity index (χ0v) is 15.2. The van der Waals surface area contributed by atoms with Crippen LogP contribution in [0.4, 0.5) is 0 Å². The van der Waals surface area contributed by atoms with Crippen molar-refractivity contribution < 1.29 is 9.32 Å². The van der Waals surface area contributed by atoms with Crippen molar-refractivity contribution in [2.75, 3.05) is 13.3 Å². The van der Waals surface area contributed by atoms with Crippen LogP contribution in [0.15, 0.2) is 57.9 Å². The summed E-state index contributed by atoms with van der Waals surface area (Å²) in [6.45, 7) is 2.34. The molecule has 3 aromatic rings. The van der Waals surface area contributed by atoms with Crippen LogP contribution in [0.5, 0.6) is 0 Å². The maximum atomic E-state index is 12.6. The number of aromatic nitrogens is 2. The van der Waals surface area contributed by atoms with Crippen LogP contribution in [0, 0.1) is 6.92 Å². The van der Waals surface area contributed by atoms with E-state index in [2.05, 4.69) is 34.4 Å². The van der Waals surface area contributed by atoms with Crippen LogP contribution in [0.25, 0.3) is 11.5 Å².